The molecule has 5 rings (SSSR count). The van der Waals surface area contributed by atoms with Gasteiger partial charge < -0.3 is 4.42 Å². The van der Waals surface area contributed by atoms with Crippen LogP contribution in [0.1, 0.15) is 47.9 Å². The molecule has 0 N–H and O–H groups in total. The standard InChI is InChI=1S/C27H24O2/c1-2-3-8-20-23-14-13-21-19-9-5-4-7-18(19)11-12-22(21)24(23)15-16-25(20)27(28)26-10-6-17-29-26/h4-14,17,25H,2-3,15-16H2,1H3. The molecule has 0 saturated carbocycles. The third kappa shape index (κ3) is 3.00. The second-order valence-corrected chi connectivity index (χ2v) is 7.85. The molecule has 1 unspecified atom stereocenters. The smallest absolute Gasteiger partial charge is 0.205 e. The molecular formula is C27H24O2. The SMILES string of the molecule is CCCC=C1c2ccc3c(ccc4ccccc43)c2CCC1C(=O)c1ccco1. The topological polar surface area (TPSA) is 30.2 Å². The first kappa shape index (κ1) is 17.9. The summed E-state index contributed by atoms with van der Waals surface area (Å²) in [5.74, 6) is 0.437. The Bertz CT molecular complexity index is 1230. The number of hydrogen-bond donors (Lipinski definition) is 0. The maximum Gasteiger partial charge on any atom is 0.205 e. The van der Waals surface area contributed by atoms with Gasteiger partial charge in [-0.05, 0) is 69.6 Å². The van der Waals surface area contributed by atoms with E-state index >= 15 is 0 Å². The summed E-state index contributed by atoms with van der Waals surface area (Å²) in [4.78, 5) is 13.1. The van der Waals surface area contributed by atoms with E-state index in [4.69, 9.17) is 4.42 Å². The number of allylic oxidation sites excluding steroid dienone is 2. The molecule has 1 atom stereocenters. The minimum Gasteiger partial charge on any atom is -0.461 e. The van der Waals surface area contributed by atoms with E-state index in [2.05, 4.69) is 61.5 Å². The van der Waals surface area contributed by atoms with Gasteiger partial charge in [0, 0.05) is 0 Å². The molecule has 1 aliphatic carbocycles. The fourth-order valence-corrected chi connectivity index (χ4v) is 4.74. The molecule has 29 heavy (non-hydrogen) atoms. The molecule has 2 heteroatoms. The molecule has 1 aromatic heterocycles. The van der Waals surface area contributed by atoms with Crippen molar-refractivity contribution >= 4 is 32.9 Å². The Balaban J connectivity index is 1.67. The van der Waals surface area contributed by atoms with Gasteiger partial charge in [0.25, 0.3) is 0 Å². The van der Waals surface area contributed by atoms with E-state index < -0.39 is 0 Å². The van der Waals surface area contributed by atoms with Gasteiger partial charge in [-0.25, -0.2) is 0 Å². The van der Waals surface area contributed by atoms with E-state index in [-0.39, 0.29) is 11.7 Å². The summed E-state index contributed by atoms with van der Waals surface area (Å²) in [5.41, 5.74) is 3.78. The Kier molecular flexibility index (Phi) is 4.55. The molecule has 4 aromatic rings. The molecule has 0 spiro atoms. The van der Waals surface area contributed by atoms with Gasteiger partial charge in [-0.2, -0.15) is 0 Å². The van der Waals surface area contributed by atoms with Crippen molar-refractivity contribution in [1.29, 1.82) is 0 Å². The summed E-state index contributed by atoms with van der Waals surface area (Å²) in [6.07, 6.45) is 7.64. The monoisotopic (exact) mass is 380 g/mol. The average molecular weight is 380 g/mol. The van der Waals surface area contributed by atoms with Crippen molar-refractivity contribution in [2.24, 2.45) is 5.92 Å². The van der Waals surface area contributed by atoms with Crippen LogP contribution in [0.5, 0.6) is 0 Å². The van der Waals surface area contributed by atoms with E-state index in [1.165, 1.54) is 38.2 Å². The third-order valence-corrected chi connectivity index (χ3v) is 6.14. The van der Waals surface area contributed by atoms with E-state index in [1.807, 2.05) is 0 Å². The summed E-state index contributed by atoms with van der Waals surface area (Å²) >= 11 is 0. The van der Waals surface area contributed by atoms with Gasteiger partial charge in [0.2, 0.25) is 5.78 Å². The van der Waals surface area contributed by atoms with Crippen molar-refractivity contribution in [2.75, 3.05) is 0 Å². The number of ketones is 1. The van der Waals surface area contributed by atoms with Crippen LogP contribution in [0.4, 0.5) is 0 Å². The quantitative estimate of drug-likeness (QED) is 0.276. The number of Topliss-reactive ketones (excluding diaryl/α,β-unsaturated/α-hetero) is 1. The number of furan rings is 1. The zero-order valence-corrected chi connectivity index (χ0v) is 16.7. The number of benzene rings is 3. The minimum atomic E-state index is -0.127. The highest BCUT2D eigenvalue weighted by Crippen LogP contribution is 2.42. The van der Waals surface area contributed by atoms with Crippen molar-refractivity contribution in [3.63, 3.8) is 0 Å². The minimum absolute atomic E-state index is 0.0987. The van der Waals surface area contributed by atoms with Crippen molar-refractivity contribution in [1.82, 2.24) is 0 Å². The molecule has 144 valence electrons. The van der Waals surface area contributed by atoms with Crippen molar-refractivity contribution in [2.45, 2.75) is 32.6 Å². The Hall–Kier alpha value is -3.13. The molecule has 0 radical (unpaired) electrons. The van der Waals surface area contributed by atoms with Gasteiger partial charge in [0.05, 0.1) is 12.2 Å². The van der Waals surface area contributed by atoms with Crippen LogP contribution in [-0.4, -0.2) is 5.78 Å². The third-order valence-electron chi connectivity index (χ3n) is 6.14. The van der Waals surface area contributed by atoms with Crippen LogP contribution >= 0.6 is 0 Å². The predicted octanol–water partition coefficient (Wildman–Crippen LogP) is 7.21. The normalized spacial score (nSPS) is 17.7. The fourth-order valence-electron chi connectivity index (χ4n) is 4.74. The highest BCUT2D eigenvalue weighted by molar-refractivity contribution is 6.11. The van der Waals surface area contributed by atoms with Crippen molar-refractivity contribution in [3.8, 4) is 0 Å². The molecule has 0 amide bonds. The van der Waals surface area contributed by atoms with Gasteiger partial charge >= 0.3 is 0 Å². The first-order chi connectivity index (χ1) is 14.3. The van der Waals surface area contributed by atoms with Crippen LogP contribution in [-0.2, 0) is 6.42 Å². The average Bonchev–Trinajstić information content (AvgIpc) is 3.31. The van der Waals surface area contributed by atoms with Gasteiger partial charge in [0.15, 0.2) is 5.76 Å². The van der Waals surface area contributed by atoms with Crippen LogP contribution in [0.15, 0.2) is 77.4 Å². The number of aryl methyl sites for hydroxylation is 1. The largest absolute Gasteiger partial charge is 0.461 e. The van der Waals surface area contributed by atoms with Gasteiger partial charge in [-0.15, -0.1) is 0 Å². The maximum atomic E-state index is 13.1. The summed E-state index contributed by atoms with van der Waals surface area (Å²) in [7, 11) is 0. The van der Waals surface area contributed by atoms with Crippen LogP contribution in [0, 0.1) is 5.92 Å². The number of hydrogen-bond acceptors (Lipinski definition) is 2. The van der Waals surface area contributed by atoms with E-state index in [1.54, 1.807) is 18.4 Å². The van der Waals surface area contributed by atoms with Crippen molar-refractivity contribution in [3.05, 3.63) is 89.9 Å². The molecule has 1 aliphatic rings. The Morgan fingerprint density at radius 1 is 1.00 bits per heavy atom. The lowest BCUT2D eigenvalue weighted by molar-refractivity contribution is 0.0916. The highest BCUT2D eigenvalue weighted by Gasteiger charge is 2.32. The lowest BCUT2D eigenvalue weighted by Crippen LogP contribution is -2.22. The second kappa shape index (κ2) is 7.36. The van der Waals surface area contributed by atoms with Crippen LogP contribution in [0.25, 0.3) is 27.1 Å². The number of unbranched alkanes of at least 4 members (excludes halogenated alkanes) is 1. The molecule has 0 fully saturated rings. The Labute approximate surface area is 170 Å². The van der Waals surface area contributed by atoms with E-state index in [0.29, 0.717) is 5.76 Å². The van der Waals surface area contributed by atoms with E-state index in [0.717, 1.165) is 25.7 Å². The Morgan fingerprint density at radius 2 is 1.86 bits per heavy atom. The first-order valence-corrected chi connectivity index (χ1v) is 10.5. The lowest BCUT2D eigenvalue weighted by Gasteiger charge is -2.28. The van der Waals surface area contributed by atoms with Gasteiger partial charge in [0.1, 0.15) is 0 Å². The summed E-state index contributed by atoms with van der Waals surface area (Å²) in [5, 5.41) is 5.17. The van der Waals surface area contributed by atoms with Crippen LogP contribution in [0.3, 0.4) is 0 Å². The second-order valence-electron chi connectivity index (χ2n) is 7.85. The number of carbonyl (C=O) groups is 1. The number of rotatable bonds is 4. The van der Waals surface area contributed by atoms with Crippen LogP contribution < -0.4 is 0 Å². The summed E-state index contributed by atoms with van der Waals surface area (Å²) in [6, 6.07) is 21.1. The molecule has 0 bridgehead atoms. The number of carbonyl (C=O) groups excluding carboxylic acids is 1. The summed E-state index contributed by atoms with van der Waals surface area (Å²) < 4.78 is 5.43. The molecule has 3 aromatic carbocycles. The molecule has 2 nitrogen and oxygen atoms in total. The number of fused-ring (bicyclic) bond motifs is 5. The lowest BCUT2D eigenvalue weighted by atomic mass is 9.75. The van der Waals surface area contributed by atoms with Gasteiger partial charge in [-0.1, -0.05) is 68.0 Å². The molecule has 0 aliphatic heterocycles. The fraction of sp³-hybridized carbons (Fsp3) is 0.222. The van der Waals surface area contributed by atoms with Gasteiger partial charge in [-0.3, -0.25) is 4.79 Å². The summed E-state index contributed by atoms with van der Waals surface area (Å²) in [6.45, 7) is 2.18. The Morgan fingerprint density at radius 3 is 2.69 bits per heavy atom. The van der Waals surface area contributed by atoms with Crippen molar-refractivity contribution < 1.29 is 9.21 Å². The first-order valence-electron chi connectivity index (χ1n) is 10.5. The van der Waals surface area contributed by atoms with E-state index in [9.17, 15) is 4.79 Å². The highest BCUT2D eigenvalue weighted by atomic mass is 16.3. The maximum absolute atomic E-state index is 13.1. The molecular weight excluding hydrogens is 356 g/mol. The molecule has 0 saturated heterocycles. The van der Waals surface area contributed by atoms with Crippen LogP contribution in [0.2, 0.25) is 0 Å². The predicted molar refractivity (Wildman–Crippen MR) is 119 cm³/mol. The zero-order valence-electron chi connectivity index (χ0n) is 16.7. The molecule has 1 heterocycles. The zero-order chi connectivity index (χ0) is 19.8.